The van der Waals surface area contributed by atoms with Crippen LogP contribution in [-0.2, 0) is 5.41 Å². The lowest BCUT2D eigenvalue weighted by atomic mass is 9.79. The second-order valence-corrected chi connectivity index (χ2v) is 5.58. The first-order valence-corrected chi connectivity index (χ1v) is 6.54. The molecule has 0 nitrogen and oxygen atoms in total. The number of hydrogen-bond donors (Lipinski definition) is 0. The largest absolute Gasteiger partial charge is 0.0845 e. The first kappa shape index (κ1) is 9.47. The Labute approximate surface area is 102 Å². The molecule has 1 saturated carbocycles. The Morgan fingerprint density at radius 2 is 1.88 bits per heavy atom. The molecule has 2 unspecified atom stereocenters. The highest BCUT2D eigenvalue weighted by molar-refractivity contribution is 5.83. The van der Waals surface area contributed by atoms with Crippen molar-refractivity contribution in [2.45, 2.75) is 24.7 Å². The fourth-order valence-corrected chi connectivity index (χ4v) is 3.61. The van der Waals surface area contributed by atoms with Crippen molar-refractivity contribution >= 4 is 10.8 Å². The zero-order valence-electron chi connectivity index (χ0n) is 9.89. The number of allylic oxidation sites excluding steroid dienone is 2. The molecule has 0 spiro atoms. The molecule has 0 amide bonds. The molecule has 1 fully saturated rings. The number of rotatable bonds is 1. The summed E-state index contributed by atoms with van der Waals surface area (Å²) in [5.74, 6) is 0.849. The van der Waals surface area contributed by atoms with Gasteiger partial charge in [-0.3, -0.25) is 0 Å². The predicted molar refractivity (Wildman–Crippen MR) is 72.1 cm³/mol. The van der Waals surface area contributed by atoms with Crippen molar-refractivity contribution in [2.75, 3.05) is 0 Å². The van der Waals surface area contributed by atoms with Gasteiger partial charge in [-0.25, -0.2) is 0 Å². The molecule has 0 radical (unpaired) electrons. The minimum Gasteiger partial charge on any atom is -0.0845 e. The molecule has 84 valence electrons. The van der Waals surface area contributed by atoms with E-state index in [-0.39, 0.29) is 0 Å². The quantitative estimate of drug-likeness (QED) is 0.623. The number of fused-ring (bicyclic) bond motifs is 3. The minimum atomic E-state index is 0.370. The first-order chi connectivity index (χ1) is 8.36. The van der Waals surface area contributed by atoms with Crippen LogP contribution >= 0.6 is 0 Å². The third-order valence-corrected chi connectivity index (χ3v) is 4.60. The van der Waals surface area contributed by atoms with Crippen molar-refractivity contribution in [3.8, 4) is 0 Å². The summed E-state index contributed by atoms with van der Waals surface area (Å²) in [4.78, 5) is 0. The monoisotopic (exact) mass is 220 g/mol. The molecule has 0 N–H and O–H groups in total. The summed E-state index contributed by atoms with van der Waals surface area (Å²) >= 11 is 0. The van der Waals surface area contributed by atoms with Crippen LogP contribution in [0.15, 0.2) is 54.6 Å². The summed E-state index contributed by atoms with van der Waals surface area (Å²) in [6.07, 6.45) is 8.95. The molecule has 2 aliphatic carbocycles. The van der Waals surface area contributed by atoms with E-state index in [1.807, 2.05) is 0 Å². The van der Waals surface area contributed by atoms with Crippen LogP contribution in [0.5, 0.6) is 0 Å². The van der Waals surface area contributed by atoms with Crippen molar-refractivity contribution in [1.82, 2.24) is 0 Å². The Morgan fingerprint density at radius 1 is 1.00 bits per heavy atom. The molecule has 17 heavy (non-hydrogen) atoms. The van der Waals surface area contributed by atoms with E-state index >= 15 is 0 Å². The average molecular weight is 220 g/mol. The molecule has 0 aliphatic heterocycles. The standard InChI is InChI=1S/C17H16/c1-2-4-15-11-16(6-5-14(15)3-1)17-9-7-13(12-17)8-10-17/h1-7,9,11,13H,8,10,12H2. The molecule has 0 heteroatoms. The summed E-state index contributed by atoms with van der Waals surface area (Å²) in [7, 11) is 0. The molecular weight excluding hydrogens is 204 g/mol. The Balaban J connectivity index is 1.89. The van der Waals surface area contributed by atoms with E-state index in [4.69, 9.17) is 0 Å². The lowest BCUT2D eigenvalue weighted by Gasteiger charge is -2.24. The Morgan fingerprint density at radius 3 is 2.59 bits per heavy atom. The number of benzene rings is 2. The molecule has 2 aromatic carbocycles. The van der Waals surface area contributed by atoms with E-state index in [9.17, 15) is 0 Å². The van der Waals surface area contributed by atoms with Gasteiger partial charge in [-0.2, -0.15) is 0 Å². The summed E-state index contributed by atoms with van der Waals surface area (Å²) in [6, 6.07) is 15.7. The molecule has 2 aliphatic rings. The van der Waals surface area contributed by atoms with Crippen LogP contribution in [0.1, 0.15) is 24.8 Å². The van der Waals surface area contributed by atoms with E-state index in [1.54, 1.807) is 0 Å². The maximum atomic E-state index is 2.46. The predicted octanol–water partition coefficient (Wildman–Crippen LogP) is 4.45. The highest BCUT2D eigenvalue weighted by atomic mass is 14.5. The summed E-state index contributed by atoms with van der Waals surface area (Å²) < 4.78 is 0. The lowest BCUT2D eigenvalue weighted by Crippen LogP contribution is -2.16. The average Bonchev–Trinajstić information content (AvgIpc) is 3.00. The second kappa shape index (κ2) is 3.22. The molecule has 2 aromatic rings. The third kappa shape index (κ3) is 1.30. The Bertz CT molecular complexity index is 608. The van der Waals surface area contributed by atoms with Gasteiger partial charge in [-0.1, -0.05) is 54.6 Å². The van der Waals surface area contributed by atoms with E-state index in [1.165, 1.54) is 35.6 Å². The van der Waals surface area contributed by atoms with Gasteiger partial charge in [-0.15, -0.1) is 0 Å². The number of hydrogen-bond acceptors (Lipinski definition) is 0. The summed E-state index contributed by atoms with van der Waals surface area (Å²) in [5, 5.41) is 2.73. The van der Waals surface area contributed by atoms with Gasteiger partial charge in [0.25, 0.3) is 0 Å². The molecule has 0 aromatic heterocycles. The van der Waals surface area contributed by atoms with Crippen LogP contribution in [0.25, 0.3) is 10.8 Å². The van der Waals surface area contributed by atoms with Crippen LogP contribution < -0.4 is 0 Å². The van der Waals surface area contributed by atoms with Crippen LogP contribution in [0.2, 0.25) is 0 Å². The Kier molecular flexibility index (Phi) is 1.80. The van der Waals surface area contributed by atoms with Crippen molar-refractivity contribution in [3.05, 3.63) is 60.2 Å². The van der Waals surface area contributed by atoms with Gasteiger partial charge in [-0.05, 0) is 41.5 Å². The molecule has 2 bridgehead atoms. The maximum Gasteiger partial charge on any atom is 0.0138 e. The third-order valence-electron chi connectivity index (χ3n) is 4.60. The summed E-state index contributed by atoms with van der Waals surface area (Å²) in [6.45, 7) is 0. The van der Waals surface area contributed by atoms with Crippen molar-refractivity contribution in [3.63, 3.8) is 0 Å². The molecule has 4 rings (SSSR count). The molecule has 0 heterocycles. The van der Waals surface area contributed by atoms with Crippen LogP contribution in [0, 0.1) is 5.92 Å². The van der Waals surface area contributed by atoms with Crippen molar-refractivity contribution < 1.29 is 0 Å². The van der Waals surface area contributed by atoms with Gasteiger partial charge in [0.05, 0.1) is 0 Å². The van der Waals surface area contributed by atoms with Gasteiger partial charge in [0.1, 0.15) is 0 Å². The fraction of sp³-hybridized carbons (Fsp3) is 0.294. The zero-order valence-corrected chi connectivity index (χ0v) is 9.89. The van der Waals surface area contributed by atoms with Crippen molar-refractivity contribution in [1.29, 1.82) is 0 Å². The van der Waals surface area contributed by atoms with E-state index < -0.39 is 0 Å². The van der Waals surface area contributed by atoms with Crippen LogP contribution in [-0.4, -0.2) is 0 Å². The SMILES string of the molecule is C1=CC2(c3ccc4ccccc4c3)CCC1C2. The normalized spacial score (nSPS) is 30.2. The maximum absolute atomic E-state index is 2.46. The van der Waals surface area contributed by atoms with E-state index in [2.05, 4.69) is 54.6 Å². The highest BCUT2D eigenvalue weighted by Crippen LogP contribution is 2.51. The second-order valence-electron chi connectivity index (χ2n) is 5.58. The van der Waals surface area contributed by atoms with Crippen LogP contribution in [0.3, 0.4) is 0 Å². The molecular formula is C17H16. The molecule has 0 saturated heterocycles. The van der Waals surface area contributed by atoms with Gasteiger partial charge < -0.3 is 0 Å². The highest BCUT2D eigenvalue weighted by Gasteiger charge is 2.41. The first-order valence-electron chi connectivity index (χ1n) is 6.54. The smallest absolute Gasteiger partial charge is 0.0138 e. The summed E-state index contributed by atoms with van der Waals surface area (Å²) in [5.41, 5.74) is 1.89. The topological polar surface area (TPSA) is 0 Å². The Hall–Kier alpha value is -1.56. The van der Waals surface area contributed by atoms with Crippen molar-refractivity contribution in [2.24, 2.45) is 5.92 Å². The van der Waals surface area contributed by atoms with Gasteiger partial charge >= 0.3 is 0 Å². The zero-order chi connectivity index (χ0) is 11.3. The molecule has 2 atom stereocenters. The van der Waals surface area contributed by atoms with Gasteiger partial charge in [0.15, 0.2) is 0 Å². The van der Waals surface area contributed by atoms with Gasteiger partial charge in [0.2, 0.25) is 0 Å². The lowest BCUT2D eigenvalue weighted by molar-refractivity contribution is 0.568. The van der Waals surface area contributed by atoms with Crippen LogP contribution in [0.4, 0.5) is 0 Å². The van der Waals surface area contributed by atoms with E-state index in [0.717, 1.165) is 5.92 Å². The minimum absolute atomic E-state index is 0.370. The fourth-order valence-electron chi connectivity index (χ4n) is 3.61. The van der Waals surface area contributed by atoms with Gasteiger partial charge in [0, 0.05) is 5.41 Å². The van der Waals surface area contributed by atoms with E-state index in [0.29, 0.717) is 5.41 Å².